The van der Waals surface area contributed by atoms with Crippen molar-refractivity contribution in [3.05, 3.63) is 0 Å². The molecule has 0 fully saturated rings. The summed E-state index contributed by atoms with van der Waals surface area (Å²) >= 11 is 1.69. The Balaban J connectivity index is 3.50. The van der Waals surface area contributed by atoms with Crippen LogP contribution in [0.5, 0.6) is 0 Å². The molecule has 0 rings (SSSR count). The van der Waals surface area contributed by atoms with Gasteiger partial charge in [-0.25, -0.2) is 0 Å². The molecule has 3 nitrogen and oxygen atoms in total. The lowest BCUT2D eigenvalue weighted by Crippen LogP contribution is -2.20. The van der Waals surface area contributed by atoms with Crippen LogP contribution in [0.4, 0.5) is 0 Å². The Labute approximate surface area is 83.9 Å². The van der Waals surface area contributed by atoms with Crippen molar-refractivity contribution in [2.24, 2.45) is 5.92 Å². The molecule has 0 saturated heterocycles. The molecule has 0 aromatic rings. The summed E-state index contributed by atoms with van der Waals surface area (Å²) in [5.41, 5.74) is 0. The Morgan fingerprint density at radius 1 is 1.54 bits per heavy atom. The zero-order chi connectivity index (χ0) is 10.3. The van der Waals surface area contributed by atoms with Crippen molar-refractivity contribution >= 4 is 17.7 Å². The molecule has 0 aromatic carbocycles. The second kappa shape index (κ2) is 7.21. The summed E-state index contributed by atoms with van der Waals surface area (Å²) < 4.78 is 4.90. The minimum atomic E-state index is -0.716. The number of ether oxygens (including phenoxy) is 1. The van der Waals surface area contributed by atoms with Gasteiger partial charge in [0, 0.05) is 19.0 Å². The summed E-state index contributed by atoms with van der Waals surface area (Å²) in [6, 6.07) is 0. The van der Waals surface area contributed by atoms with E-state index in [4.69, 9.17) is 9.84 Å². The molecular formula is C9H18O3S. The number of hydrogen-bond donors (Lipinski definition) is 1. The molecule has 78 valence electrons. The van der Waals surface area contributed by atoms with Crippen molar-refractivity contribution in [1.82, 2.24) is 0 Å². The summed E-state index contributed by atoms with van der Waals surface area (Å²) in [5, 5.41) is 8.89. The molecule has 4 heteroatoms. The average molecular weight is 206 g/mol. The molecule has 0 aromatic heterocycles. The Morgan fingerprint density at radius 2 is 2.15 bits per heavy atom. The molecule has 13 heavy (non-hydrogen) atoms. The summed E-state index contributed by atoms with van der Waals surface area (Å²) in [7, 11) is 1.67. The van der Waals surface area contributed by atoms with Crippen LogP contribution in [0.2, 0.25) is 0 Å². The van der Waals surface area contributed by atoms with E-state index >= 15 is 0 Å². The van der Waals surface area contributed by atoms with Gasteiger partial charge < -0.3 is 9.84 Å². The van der Waals surface area contributed by atoms with Crippen LogP contribution in [0.1, 0.15) is 20.3 Å². The van der Waals surface area contributed by atoms with Crippen LogP contribution in [0.3, 0.4) is 0 Å². The molecular weight excluding hydrogens is 188 g/mol. The van der Waals surface area contributed by atoms with E-state index in [-0.39, 0.29) is 11.2 Å². The maximum atomic E-state index is 10.6. The van der Waals surface area contributed by atoms with Gasteiger partial charge in [0.2, 0.25) is 0 Å². The zero-order valence-electron chi connectivity index (χ0n) is 8.45. The van der Waals surface area contributed by atoms with E-state index in [1.165, 1.54) is 0 Å². The standard InChI is InChI=1S/C9H18O3S/c1-7(9(10)11)8(2)13-6-4-5-12-3/h7-8H,4-6H2,1-3H3,(H,10,11). The third kappa shape index (κ3) is 5.93. The van der Waals surface area contributed by atoms with Crippen molar-refractivity contribution in [3.63, 3.8) is 0 Å². The van der Waals surface area contributed by atoms with Gasteiger partial charge in [-0.2, -0.15) is 11.8 Å². The van der Waals surface area contributed by atoms with Crippen LogP contribution in [-0.2, 0) is 9.53 Å². The molecule has 2 atom stereocenters. The van der Waals surface area contributed by atoms with E-state index in [0.717, 1.165) is 18.8 Å². The molecule has 0 bridgehead atoms. The van der Waals surface area contributed by atoms with Crippen molar-refractivity contribution in [2.45, 2.75) is 25.5 Å². The predicted molar refractivity (Wildman–Crippen MR) is 55.2 cm³/mol. The number of carboxylic acid groups (broad SMARTS) is 1. The van der Waals surface area contributed by atoms with Crippen molar-refractivity contribution in [2.75, 3.05) is 19.5 Å². The van der Waals surface area contributed by atoms with E-state index in [0.29, 0.717) is 0 Å². The minimum absolute atomic E-state index is 0.175. The Morgan fingerprint density at radius 3 is 2.62 bits per heavy atom. The fourth-order valence-corrected chi connectivity index (χ4v) is 1.88. The van der Waals surface area contributed by atoms with Crippen LogP contribution in [-0.4, -0.2) is 35.8 Å². The highest BCUT2D eigenvalue weighted by Crippen LogP contribution is 2.19. The second-order valence-electron chi connectivity index (χ2n) is 3.05. The lowest BCUT2D eigenvalue weighted by atomic mass is 10.1. The fraction of sp³-hybridized carbons (Fsp3) is 0.889. The van der Waals surface area contributed by atoms with Gasteiger partial charge in [0.15, 0.2) is 0 Å². The zero-order valence-corrected chi connectivity index (χ0v) is 9.26. The summed E-state index contributed by atoms with van der Waals surface area (Å²) in [5.74, 6) is -0.0219. The van der Waals surface area contributed by atoms with Gasteiger partial charge in [0.1, 0.15) is 0 Å². The molecule has 0 aliphatic rings. The first-order valence-electron chi connectivity index (χ1n) is 4.43. The maximum Gasteiger partial charge on any atom is 0.307 e. The van der Waals surface area contributed by atoms with Crippen LogP contribution in [0, 0.1) is 5.92 Å². The first kappa shape index (κ1) is 12.8. The quantitative estimate of drug-likeness (QED) is 0.646. The van der Waals surface area contributed by atoms with Crippen LogP contribution >= 0.6 is 11.8 Å². The molecule has 0 spiro atoms. The van der Waals surface area contributed by atoms with Gasteiger partial charge in [-0.15, -0.1) is 0 Å². The van der Waals surface area contributed by atoms with Gasteiger partial charge in [-0.1, -0.05) is 13.8 Å². The number of thioether (sulfide) groups is 1. The van der Waals surface area contributed by atoms with Crippen LogP contribution < -0.4 is 0 Å². The van der Waals surface area contributed by atoms with Crippen molar-refractivity contribution in [3.8, 4) is 0 Å². The molecule has 0 amide bonds. The maximum absolute atomic E-state index is 10.6. The molecule has 0 radical (unpaired) electrons. The topological polar surface area (TPSA) is 46.5 Å². The van der Waals surface area contributed by atoms with Gasteiger partial charge in [0.25, 0.3) is 0 Å². The number of carboxylic acids is 1. The number of rotatable bonds is 7. The van der Waals surface area contributed by atoms with Gasteiger partial charge >= 0.3 is 5.97 Å². The van der Waals surface area contributed by atoms with E-state index in [1.807, 2.05) is 6.92 Å². The highest BCUT2D eigenvalue weighted by Gasteiger charge is 2.18. The van der Waals surface area contributed by atoms with E-state index in [9.17, 15) is 4.79 Å². The molecule has 1 N–H and O–H groups in total. The highest BCUT2D eigenvalue weighted by molar-refractivity contribution is 7.99. The largest absolute Gasteiger partial charge is 0.481 e. The second-order valence-corrected chi connectivity index (χ2v) is 4.53. The predicted octanol–water partition coefficient (Wildman–Crippen LogP) is 1.87. The van der Waals surface area contributed by atoms with E-state index in [2.05, 4.69) is 0 Å². The third-order valence-corrected chi connectivity index (χ3v) is 3.43. The smallest absolute Gasteiger partial charge is 0.307 e. The van der Waals surface area contributed by atoms with Gasteiger partial charge in [-0.3, -0.25) is 4.79 Å². The van der Waals surface area contributed by atoms with Crippen LogP contribution in [0.25, 0.3) is 0 Å². The molecule has 0 heterocycles. The minimum Gasteiger partial charge on any atom is -0.481 e. The first-order valence-corrected chi connectivity index (χ1v) is 5.47. The lowest BCUT2D eigenvalue weighted by Gasteiger charge is -2.14. The van der Waals surface area contributed by atoms with Crippen LogP contribution in [0.15, 0.2) is 0 Å². The fourth-order valence-electron chi connectivity index (χ4n) is 0.818. The number of aliphatic carboxylic acids is 1. The van der Waals surface area contributed by atoms with E-state index in [1.54, 1.807) is 25.8 Å². The monoisotopic (exact) mass is 206 g/mol. The van der Waals surface area contributed by atoms with Gasteiger partial charge in [-0.05, 0) is 12.2 Å². The lowest BCUT2D eigenvalue weighted by molar-refractivity contribution is -0.140. The molecule has 0 aliphatic carbocycles. The normalized spacial score (nSPS) is 15.3. The Hall–Kier alpha value is -0.220. The molecule has 2 unspecified atom stereocenters. The molecule has 0 aliphatic heterocycles. The Bertz CT molecular complexity index is 150. The summed E-state index contributed by atoms with van der Waals surface area (Å²) in [4.78, 5) is 10.6. The molecule has 0 saturated carbocycles. The summed E-state index contributed by atoms with van der Waals surface area (Å²) in [6.45, 7) is 4.45. The van der Waals surface area contributed by atoms with Crippen molar-refractivity contribution in [1.29, 1.82) is 0 Å². The highest BCUT2D eigenvalue weighted by atomic mass is 32.2. The SMILES string of the molecule is COCCCSC(C)C(C)C(=O)O. The number of carbonyl (C=O) groups is 1. The number of methoxy groups -OCH3 is 1. The Kier molecular flexibility index (Phi) is 7.09. The third-order valence-electron chi connectivity index (χ3n) is 1.97. The average Bonchev–Trinajstić information content (AvgIpc) is 2.10. The summed E-state index contributed by atoms with van der Waals surface area (Å²) in [6.07, 6.45) is 0.984. The van der Waals surface area contributed by atoms with Gasteiger partial charge in [0.05, 0.1) is 5.92 Å². The first-order chi connectivity index (χ1) is 6.09. The van der Waals surface area contributed by atoms with E-state index < -0.39 is 5.97 Å². The number of hydrogen-bond acceptors (Lipinski definition) is 3. The van der Waals surface area contributed by atoms with Crippen molar-refractivity contribution < 1.29 is 14.6 Å².